The minimum atomic E-state index is -4.45. The second-order valence-corrected chi connectivity index (χ2v) is 15.0. The van der Waals surface area contributed by atoms with E-state index in [9.17, 15) is 35.5 Å². The molecule has 0 aliphatic heterocycles. The summed E-state index contributed by atoms with van der Waals surface area (Å²) >= 11 is 17.1. The van der Waals surface area contributed by atoms with E-state index in [-0.39, 0.29) is 70.6 Å². The van der Waals surface area contributed by atoms with Crippen molar-refractivity contribution in [2.75, 3.05) is 22.1 Å². The summed E-state index contributed by atoms with van der Waals surface area (Å²) in [7, 11) is -8.91. The number of thiol groups is 4. The van der Waals surface area contributed by atoms with Crippen molar-refractivity contribution in [3.05, 3.63) is 48.5 Å². The third-order valence-corrected chi connectivity index (χ3v) is 9.41. The first kappa shape index (κ1) is 48.3. The Kier molecular flexibility index (Phi) is 27.4. The van der Waals surface area contributed by atoms with Gasteiger partial charge in [-0.15, -0.1) is 0 Å². The largest absolute Gasteiger partial charge is 2.00 e. The smallest absolute Gasteiger partial charge is 2.00 e. The van der Waals surface area contributed by atoms with Crippen molar-refractivity contribution in [1.82, 2.24) is 0 Å². The Balaban J connectivity index is 0. The van der Waals surface area contributed by atoms with E-state index in [1.165, 1.54) is 48.5 Å². The zero-order valence-electron chi connectivity index (χ0n) is 24.8. The minimum absolute atomic E-state index is 0. The number of amides is 2. The van der Waals surface area contributed by atoms with Crippen LogP contribution in [0.1, 0.15) is 64.2 Å². The summed E-state index contributed by atoms with van der Waals surface area (Å²) in [5.74, 6) is 1.35. The second-order valence-electron chi connectivity index (χ2n) is 9.88. The van der Waals surface area contributed by atoms with Crippen LogP contribution in [0.15, 0.2) is 58.3 Å². The molecule has 2 aromatic rings. The Morgan fingerprint density at radius 3 is 1.17 bits per heavy atom. The molecule has 0 saturated carbocycles. The normalized spacial score (nSPS) is 12.3. The van der Waals surface area contributed by atoms with Gasteiger partial charge in [-0.2, -0.15) is 50.5 Å². The molecule has 2 rings (SSSR count). The Bertz CT molecular complexity index is 1260. The van der Waals surface area contributed by atoms with Crippen LogP contribution < -0.4 is 10.6 Å². The summed E-state index contributed by atoms with van der Waals surface area (Å²) < 4.78 is 64.7. The van der Waals surface area contributed by atoms with Crippen LogP contribution in [-0.2, 0) is 49.3 Å². The molecule has 0 radical (unpaired) electrons. The van der Waals surface area contributed by atoms with Crippen molar-refractivity contribution >= 4 is 123 Å². The predicted molar refractivity (Wildman–Crippen MR) is 193 cm³/mol. The number of anilines is 2. The molecule has 46 heavy (non-hydrogen) atoms. The van der Waals surface area contributed by atoms with Crippen LogP contribution in [0.4, 0.5) is 11.4 Å². The molecule has 2 unspecified atom stereocenters. The number of hydrogen-bond donors (Lipinski definition) is 6. The van der Waals surface area contributed by atoms with Crippen LogP contribution in [0.2, 0.25) is 0 Å². The molecule has 2 N–H and O–H groups in total. The summed E-state index contributed by atoms with van der Waals surface area (Å²) in [6, 6.07) is 10.3. The average molecular weight is 814 g/mol. The maximum atomic E-state index is 11.7. The minimum Gasteiger partial charge on any atom is 2.00 e. The topological polar surface area (TPSA) is 173 Å². The van der Waals surface area contributed by atoms with E-state index < -0.39 is 20.2 Å². The SMILES string of the molecule is O=C(CCCCC(S)CCS)Nc1ccc(S(=O)(=O)[O-])cc1.O=C(CCCCC(S)CCS)Nc1ccc(S(=O)(=O)[O-])cc1.[NaH].[Zn+2]. The molecule has 0 aliphatic rings. The molecule has 0 fully saturated rings. The van der Waals surface area contributed by atoms with Crippen molar-refractivity contribution in [1.29, 1.82) is 0 Å². The molecule has 250 valence electrons. The van der Waals surface area contributed by atoms with Gasteiger partial charge in [0.25, 0.3) is 0 Å². The van der Waals surface area contributed by atoms with Crippen LogP contribution in [-0.4, -0.2) is 89.3 Å². The van der Waals surface area contributed by atoms with E-state index in [1.807, 2.05) is 0 Å². The van der Waals surface area contributed by atoms with E-state index in [0.717, 1.165) is 62.9 Å². The van der Waals surface area contributed by atoms with E-state index in [1.54, 1.807) is 0 Å². The number of unbranched alkanes of at least 4 members (excludes halogenated alkanes) is 2. The maximum Gasteiger partial charge on any atom is 2.00 e. The molecule has 0 aromatic heterocycles. The molecule has 0 bridgehead atoms. The monoisotopic (exact) mass is 812 g/mol. The summed E-state index contributed by atoms with van der Waals surface area (Å²) in [4.78, 5) is 22.9. The van der Waals surface area contributed by atoms with E-state index in [4.69, 9.17) is 0 Å². The van der Waals surface area contributed by atoms with Crippen molar-refractivity contribution < 1.29 is 55.0 Å². The first-order valence-electron chi connectivity index (χ1n) is 13.9. The first-order valence-corrected chi connectivity index (χ1v) is 19.1. The number of nitrogens with one attached hydrogen (secondary N) is 2. The molecule has 10 nitrogen and oxygen atoms in total. The molecule has 2 atom stereocenters. The fourth-order valence-electron chi connectivity index (χ4n) is 3.77. The van der Waals surface area contributed by atoms with Gasteiger partial charge in [-0.1, -0.05) is 12.8 Å². The van der Waals surface area contributed by atoms with Crippen LogP contribution in [0.25, 0.3) is 0 Å². The Morgan fingerprint density at radius 2 is 0.913 bits per heavy atom. The van der Waals surface area contributed by atoms with Gasteiger partial charge in [0.2, 0.25) is 11.8 Å². The number of carbonyl (C=O) groups is 2. The average Bonchev–Trinajstić information content (AvgIpc) is 2.94. The van der Waals surface area contributed by atoms with Gasteiger partial charge in [-0.25, -0.2) is 16.8 Å². The Labute approximate surface area is 330 Å². The third-order valence-electron chi connectivity index (χ3n) is 6.16. The molecule has 2 aromatic carbocycles. The van der Waals surface area contributed by atoms with Crippen LogP contribution >= 0.6 is 50.5 Å². The maximum absolute atomic E-state index is 11.7. The molecule has 18 heteroatoms. The van der Waals surface area contributed by atoms with Crippen molar-refractivity contribution in [2.45, 2.75) is 84.5 Å². The van der Waals surface area contributed by atoms with Gasteiger partial charge in [0.15, 0.2) is 0 Å². The number of carbonyl (C=O) groups excluding carboxylic acids is 2. The zero-order chi connectivity index (χ0) is 33.2. The van der Waals surface area contributed by atoms with E-state index >= 15 is 0 Å². The van der Waals surface area contributed by atoms with Crippen molar-refractivity contribution in [3.63, 3.8) is 0 Å². The number of benzene rings is 2. The van der Waals surface area contributed by atoms with Crippen LogP contribution in [0.5, 0.6) is 0 Å². The summed E-state index contributed by atoms with van der Waals surface area (Å²) in [5, 5.41) is 5.98. The standard InChI is InChI=1S/2C14H21NO4S3.Na.Zn.H/c2*16-14(4-2-1-3-12(21)9-10-20)15-11-5-7-13(8-6-11)22(17,18)19;;;/h2*5-8,12,20-21H,1-4,9-10H2,(H,15,16)(H,17,18,19);;;/q;;;+2;/p-2. The fraction of sp³-hybridized carbons (Fsp3) is 0.500. The molecular weight excluding hydrogens is 773 g/mol. The van der Waals surface area contributed by atoms with Gasteiger partial charge in [0.1, 0.15) is 20.2 Å². The van der Waals surface area contributed by atoms with Gasteiger partial charge in [-0.05, 0) is 98.6 Å². The molecule has 0 saturated heterocycles. The summed E-state index contributed by atoms with van der Waals surface area (Å²) in [6.45, 7) is 0. The Morgan fingerprint density at radius 1 is 0.609 bits per heavy atom. The molecule has 2 amide bonds. The first-order chi connectivity index (χ1) is 20.6. The number of hydrogen-bond acceptors (Lipinski definition) is 12. The van der Waals surface area contributed by atoms with E-state index in [2.05, 4.69) is 61.1 Å². The summed E-state index contributed by atoms with van der Waals surface area (Å²) in [6.07, 6.45) is 7.96. The molecule has 0 heterocycles. The van der Waals surface area contributed by atoms with Crippen LogP contribution in [0.3, 0.4) is 0 Å². The quantitative estimate of drug-likeness (QED) is 0.0541. The van der Waals surface area contributed by atoms with Gasteiger partial charge < -0.3 is 19.7 Å². The molecule has 0 aliphatic carbocycles. The Hall–Kier alpha value is 0.223. The molecular formula is C28H41N2NaO8S6Zn. The second kappa shape index (κ2) is 26.1. The predicted octanol–water partition coefficient (Wildman–Crippen LogP) is 4.76. The number of rotatable bonds is 18. The van der Waals surface area contributed by atoms with E-state index in [0.29, 0.717) is 34.7 Å². The van der Waals surface area contributed by atoms with Crippen molar-refractivity contribution in [2.24, 2.45) is 0 Å². The zero-order valence-corrected chi connectivity index (χ0v) is 33.0. The van der Waals surface area contributed by atoms with Gasteiger partial charge >= 0.3 is 49.0 Å². The van der Waals surface area contributed by atoms with Crippen molar-refractivity contribution in [3.8, 4) is 0 Å². The fourth-order valence-corrected chi connectivity index (χ4v) is 6.37. The van der Waals surface area contributed by atoms with Gasteiger partial charge in [0, 0.05) is 34.7 Å². The summed E-state index contributed by atoms with van der Waals surface area (Å²) in [5.41, 5.74) is 0.944. The van der Waals surface area contributed by atoms with Crippen LogP contribution in [0, 0.1) is 0 Å². The molecule has 0 spiro atoms. The van der Waals surface area contributed by atoms with Gasteiger partial charge in [0.05, 0.1) is 9.79 Å². The van der Waals surface area contributed by atoms with Gasteiger partial charge in [-0.3, -0.25) is 9.59 Å². The third kappa shape index (κ3) is 22.8.